The molecule has 2 rings (SSSR count). The van der Waals surface area contributed by atoms with E-state index in [1.807, 2.05) is 30.5 Å². The fraction of sp³-hybridized carbons (Fsp3) is 0.412. The van der Waals surface area contributed by atoms with Crippen LogP contribution in [0.2, 0.25) is 0 Å². The lowest BCUT2D eigenvalue weighted by Crippen LogP contribution is -2.48. The van der Waals surface area contributed by atoms with Crippen molar-refractivity contribution in [2.75, 3.05) is 7.05 Å². The molecule has 3 N–H and O–H groups in total. The van der Waals surface area contributed by atoms with Crippen LogP contribution >= 0.6 is 0 Å². The van der Waals surface area contributed by atoms with Crippen LogP contribution in [0.1, 0.15) is 26.3 Å². The normalized spacial score (nSPS) is 12.7. The Labute approximate surface area is 135 Å². The first-order valence-corrected chi connectivity index (χ1v) is 7.56. The number of amides is 2. The second-order valence-corrected chi connectivity index (χ2v) is 6.38. The summed E-state index contributed by atoms with van der Waals surface area (Å²) in [4.78, 5) is 27.2. The number of nitrogens with one attached hydrogen (secondary N) is 3. The van der Waals surface area contributed by atoms with Crippen LogP contribution in [0.5, 0.6) is 0 Å². The van der Waals surface area contributed by atoms with Gasteiger partial charge in [-0.3, -0.25) is 4.79 Å². The molecule has 1 atom stereocenters. The molecule has 23 heavy (non-hydrogen) atoms. The molecule has 6 nitrogen and oxygen atoms in total. The number of para-hydroxylation sites is 1. The van der Waals surface area contributed by atoms with Crippen LogP contribution < -0.4 is 10.6 Å². The zero-order chi connectivity index (χ0) is 17.0. The van der Waals surface area contributed by atoms with E-state index in [4.69, 9.17) is 4.74 Å². The van der Waals surface area contributed by atoms with Gasteiger partial charge in [0.25, 0.3) is 0 Å². The van der Waals surface area contributed by atoms with Crippen LogP contribution in [-0.2, 0) is 16.0 Å². The molecule has 0 spiro atoms. The average molecular weight is 317 g/mol. The third-order valence-corrected chi connectivity index (χ3v) is 3.35. The van der Waals surface area contributed by atoms with Crippen LogP contribution in [0, 0.1) is 0 Å². The summed E-state index contributed by atoms with van der Waals surface area (Å²) in [6.45, 7) is 5.34. The van der Waals surface area contributed by atoms with Crippen molar-refractivity contribution < 1.29 is 14.3 Å². The molecule has 0 fully saturated rings. The van der Waals surface area contributed by atoms with Gasteiger partial charge in [0.2, 0.25) is 5.91 Å². The number of rotatable bonds is 4. The number of hydrogen-bond acceptors (Lipinski definition) is 3. The van der Waals surface area contributed by atoms with Gasteiger partial charge in [-0.2, -0.15) is 0 Å². The molecule has 0 aliphatic carbocycles. The monoisotopic (exact) mass is 317 g/mol. The molecule has 0 saturated carbocycles. The fourth-order valence-corrected chi connectivity index (χ4v) is 2.35. The Morgan fingerprint density at radius 1 is 1.26 bits per heavy atom. The molecule has 2 amide bonds. The van der Waals surface area contributed by atoms with Gasteiger partial charge in [0.15, 0.2) is 0 Å². The van der Waals surface area contributed by atoms with Gasteiger partial charge in [0.05, 0.1) is 0 Å². The van der Waals surface area contributed by atoms with Crippen molar-refractivity contribution in [3.63, 3.8) is 0 Å². The van der Waals surface area contributed by atoms with Crippen molar-refractivity contribution in [3.05, 3.63) is 36.0 Å². The van der Waals surface area contributed by atoms with Gasteiger partial charge in [-0.15, -0.1) is 0 Å². The second kappa shape index (κ2) is 6.73. The van der Waals surface area contributed by atoms with E-state index in [1.54, 1.807) is 27.8 Å². The molecule has 2 aromatic rings. The molecule has 0 radical (unpaired) electrons. The number of aromatic nitrogens is 1. The number of H-pyrrole nitrogens is 1. The number of benzene rings is 1. The van der Waals surface area contributed by atoms with E-state index in [0.29, 0.717) is 6.42 Å². The number of alkyl carbamates (subject to hydrolysis) is 1. The first-order valence-electron chi connectivity index (χ1n) is 7.56. The quantitative estimate of drug-likeness (QED) is 0.809. The highest BCUT2D eigenvalue weighted by Gasteiger charge is 2.24. The minimum absolute atomic E-state index is 0.263. The SMILES string of the molecule is CNC(=O)[C@H](Cc1c[nH]c2ccccc12)NC(=O)OC(C)(C)C. The minimum atomic E-state index is -0.700. The second-order valence-electron chi connectivity index (χ2n) is 6.38. The van der Waals surface area contributed by atoms with E-state index in [1.165, 1.54) is 0 Å². The maximum atomic E-state index is 12.1. The highest BCUT2D eigenvalue weighted by molar-refractivity contribution is 5.88. The van der Waals surface area contributed by atoms with Crippen LogP contribution in [0.3, 0.4) is 0 Å². The maximum Gasteiger partial charge on any atom is 0.408 e. The van der Waals surface area contributed by atoms with Crippen molar-refractivity contribution >= 4 is 22.9 Å². The molecule has 1 heterocycles. The summed E-state index contributed by atoms with van der Waals surface area (Å²) in [5, 5.41) is 6.25. The van der Waals surface area contributed by atoms with Gasteiger partial charge in [0, 0.05) is 30.6 Å². The molecule has 0 aliphatic heterocycles. The van der Waals surface area contributed by atoms with Gasteiger partial charge in [-0.05, 0) is 32.4 Å². The van der Waals surface area contributed by atoms with E-state index >= 15 is 0 Å². The number of hydrogen-bond donors (Lipinski definition) is 3. The molecular formula is C17H23N3O3. The first-order chi connectivity index (χ1) is 10.8. The van der Waals surface area contributed by atoms with E-state index in [-0.39, 0.29) is 5.91 Å². The molecule has 6 heteroatoms. The van der Waals surface area contributed by atoms with Crippen molar-refractivity contribution in [2.45, 2.75) is 38.8 Å². The van der Waals surface area contributed by atoms with Crippen molar-refractivity contribution in [1.29, 1.82) is 0 Å². The van der Waals surface area contributed by atoms with Gasteiger partial charge in [0.1, 0.15) is 11.6 Å². The van der Waals surface area contributed by atoms with Gasteiger partial charge in [-0.1, -0.05) is 18.2 Å². The average Bonchev–Trinajstić information content (AvgIpc) is 2.87. The lowest BCUT2D eigenvalue weighted by atomic mass is 10.0. The van der Waals surface area contributed by atoms with E-state index < -0.39 is 17.7 Å². The number of likely N-dealkylation sites (N-methyl/N-ethyl adjacent to an activating group) is 1. The summed E-state index contributed by atoms with van der Waals surface area (Å²) >= 11 is 0. The number of ether oxygens (including phenoxy) is 1. The molecule has 0 unspecified atom stereocenters. The number of aromatic amines is 1. The van der Waals surface area contributed by atoms with Gasteiger partial charge < -0.3 is 20.4 Å². The Morgan fingerprint density at radius 2 is 1.96 bits per heavy atom. The first kappa shape index (κ1) is 16.9. The molecule has 0 aliphatic rings. The molecule has 124 valence electrons. The highest BCUT2D eigenvalue weighted by Crippen LogP contribution is 2.19. The van der Waals surface area contributed by atoms with Gasteiger partial charge >= 0.3 is 6.09 Å². The molecule has 1 aromatic carbocycles. The lowest BCUT2D eigenvalue weighted by molar-refractivity contribution is -0.122. The largest absolute Gasteiger partial charge is 0.444 e. The number of fused-ring (bicyclic) bond motifs is 1. The van der Waals surface area contributed by atoms with E-state index in [9.17, 15) is 9.59 Å². The van der Waals surface area contributed by atoms with Crippen LogP contribution in [0.25, 0.3) is 10.9 Å². The topological polar surface area (TPSA) is 83.2 Å². The van der Waals surface area contributed by atoms with Crippen LogP contribution in [0.15, 0.2) is 30.5 Å². The number of carbonyl (C=O) groups is 2. The third kappa shape index (κ3) is 4.48. The minimum Gasteiger partial charge on any atom is -0.444 e. The lowest BCUT2D eigenvalue weighted by Gasteiger charge is -2.23. The Hall–Kier alpha value is -2.50. The number of carbonyl (C=O) groups excluding carboxylic acids is 2. The summed E-state index contributed by atoms with van der Waals surface area (Å²) in [6, 6.07) is 7.13. The van der Waals surface area contributed by atoms with Gasteiger partial charge in [-0.25, -0.2) is 4.79 Å². The fourth-order valence-electron chi connectivity index (χ4n) is 2.35. The molecular weight excluding hydrogens is 294 g/mol. The van der Waals surface area contributed by atoms with Crippen molar-refractivity contribution in [3.8, 4) is 0 Å². The molecule has 1 aromatic heterocycles. The standard InChI is InChI=1S/C17H23N3O3/c1-17(2,3)23-16(22)20-14(15(21)18-4)9-11-10-19-13-8-6-5-7-12(11)13/h5-8,10,14,19H,9H2,1-4H3,(H,18,21)(H,20,22)/t14-/m0/s1. The summed E-state index contributed by atoms with van der Waals surface area (Å²) in [5.41, 5.74) is 1.35. The summed E-state index contributed by atoms with van der Waals surface area (Å²) in [7, 11) is 1.54. The third-order valence-electron chi connectivity index (χ3n) is 3.35. The van der Waals surface area contributed by atoms with Crippen molar-refractivity contribution in [2.24, 2.45) is 0 Å². The zero-order valence-corrected chi connectivity index (χ0v) is 13.9. The van der Waals surface area contributed by atoms with E-state index in [2.05, 4.69) is 15.6 Å². The predicted octanol–water partition coefficient (Wildman–Crippen LogP) is 2.35. The van der Waals surface area contributed by atoms with Crippen molar-refractivity contribution in [1.82, 2.24) is 15.6 Å². The Kier molecular flexibility index (Phi) is 4.93. The Balaban J connectivity index is 2.16. The summed E-state index contributed by atoms with van der Waals surface area (Å²) in [6.07, 6.45) is 1.63. The Morgan fingerprint density at radius 3 is 2.61 bits per heavy atom. The maximum absolute atomic E-state index is 12.1. The predicted molar refractivity (Wildman–Crippen MR) is 89.2 cm³/mol. The summed E-state index contributed by atoms with van der Waals surface area (Å²) in [5.74, 6) is -0.263. The summed E-state index contributed by atoms with van der Waals surface area (Å²) < 4.78 is 5.23. The Bertz CT molecular complexity index is 700. The molecule has 0 bridgehead atoms. The zero-order valence-electron chi connectivity index (χ0n) is 13.9. The molecule has 0 saturated heterocycles. The smallest absolute Gasteiger partial charge is 0.408 e. The van der Waals surface area contributed by atoms with Crippen LogP contribution in [0.4, 0.5) is 4.79 Å². The van der Waals surface area contributed by atoms with Crippen LogP contribution in [-0.4, -0.2) is 35.7 Å². The van der Waals surface area contributed by atoms with E-state index in [0.717, 1.165) is 16.5 Å². The highest BCUT2D eigenvalue weighted by atomic mass is 16.6.